The number of aliphatic carboxylic acids is 1. The molecule has 1 saturated heterocycles. The number of Topliss-reactive ketones (excluding diaryl/α,β-unsaturated/α-hetero) is 1. The largest absolute Gasteiger partial charge is 0.481 e. The standard InChI is InChI=1S/C41H76N4O10/c1-36(2)37(46)34-54-31-29-53-28-22-43-39(48)35-55-32-30-52-27-21-42-38(47)33-44-23-25-45(26-24-44)40(49)19-17-15-13-11-9-7-5-3-4-6-8-10-12-14-16-18-20-41(50)51/h36H,3-35H2,1-2H3,(H,42,47)(H,43,48)(H,50,51). The van der Waals surface area contributed by atoms with Gasteiger partial charge in [-0.15, -0.1) is 0 Å². The van der Waals surface area contributed by atoms with Crippen molar-refractivity contribution in [2.45, 2.75) is 129 Å². The molecule has 0 aliphatic carbocycles. The van der Waals surface area contributed by atoms with Crippen LogP contribution in [0.25, 0.3) is 0 Å². The molecule has 14 heteroatoms. The summed E-state index contributed by atoms with van der Waals surface area (Å²) in [7, 11) is 0. The number of carbonyl (C=O) groups is 5. The topological polar surface area (TPSA) is 173 Å². The molecule has 1 rings (SSSR count). The number of unbranched alkanes of at least 4 members (excludes halogenated alkanes) is 15. The number of carboxylic acids is 1. The molecule has 0 atom stereocenters. The summed E-state index contributed by atoms with van der Waals surface area (Å²) in [6.07, 6.45) is 20.1. The SMILES string of the molecule is CC(C)C(=O)COCCOCCNC(=O)COCCOCCNC(=O)CN1CCN(C(=O)CCCCCCCCCCCCCCCCCCC(=O)O)CC1. The van der Waals surface area contributed by atoms with Crippen LogP contribution in [-0.2, 0) is 42.9 Å². The minimum atomic E-state index is -0.683. The minimum Gasteiger partial charge on any atom is -0.481 e. The normalized spacial score (nSPS) is 13.3. The highest BCUT2D eigenvalue weighted by Crippen LogP contribution is 2.15. The van der Waals surface area contributed by atoms with Crippen LogP contribution in [0.15, 0.2) is 0 Å². The van der Waals surface area contributed by atoms with Crippen molar-refractivity contribution < 1.29 is 48.0 Å². The number of piperazine rings is 1. The second-order valence-electron chi connectivity index (χ2n) is 14.9. The third kappa shape index (κ3) is 32.2. The Hall–Kier alpha value is -2.65. The zero-order chi connectivity index (χ0) is 40.2. The molecule has 0 spiro atoms. The third-order valence-electron chi connectivity index (χ3n) is 9.63. The molecule has 1 heterocycles. The van der Waals surface area contributed by atoms with Gasteiger partial charge in [-0.25, -0.2) is 0 Å². The van der Waals surface area contributed by atoms with Gasteiger partial charge in [0.15, 0.2) is 5.78 Å². The Morgan fingerprint density at radius 1 is 0.527 bits per heavy atom. The fourth-order valence-electron chi connectivity index (χ4n) is 6.12. The number of hydrogen-bond acceptors (Lipinski definition) is 10. The Balaban J connectivity index is 1.85. The van der Waals surface area contributed by atoms with E-state index in [-0.39, 0.29) is 49.2 Å². The molecule has 0 aromatic rings. The first-order valence-corrected chi connectivity index (χ1v) is 21.3. The van der Waals surface area contributed by atoms with Crippen molar-refractivity contribution in [2.24, 2.45) is 5.92 Å². The quantitative estimate of drug-likeness (QED) is 0.0738. The fourth-order valence-corrected chi connectivity index (χ4v) is 6.12. The molecular formula is C41H76N4O10. The van der Waals surface area contributed by atoms with Crippen molar-refractivity contribution in [3.05, 3.63) is 0 Å². The molecule has 0 bridgehead atoms. The zero-order valence-electron chi connectivity index (χ0n) is 34.4. The lowest BCUT2D eigenvalue weighted by Gasteiger charge is -2.34. The molecule has 14 nitrogen and oxygen atoms in total. The van der Waals surface area contributed by atoms with Gasteiger partial charge in [0.25, 0.3) is 0 Å². The molecule has 3 amide bonds. The second kappa shape index (κ2) is 35.7. The van der Waals surface area contributed by atoms with Crippen molar-refractivity contribution in [1.82, 2.24) is 20.4 Å². The van der Waals surface area contributed by atoms with Crippen molar-refractivity contribution in [1.29, 1.82) is 0 Å². The lowest BCUT2D eigenvalue weighted by atomic mass is 10.0. The van der Waals surface area contributed by atoms with Crippen molar-refractivity contribution in [2.75, 3.05) is 98.7 Å². The van der Waals surface area contributed by atoms with E-state index in [1.807, 2.05) is 18.7 Å². The number of ketones is 1. The number of nitrogens with one attached hydrogen (secondary N) is 2. The molecular weight excluding hydrogens is 708 g/mol. The molecule has 1 aliphatic rings. The number of carbonyl (C=O) groups excluding carboxylic acids is 4. The Bertz CT molecular complexity index is 1010. The average Bonchev–Trinajstić information content (AvgIpc) is 3.16. The van der Waals surface area contributed by atoms with Crippen LogP contribution in [0, 0.1) is 5.92 Å². The highest BCUT2D eigenvalue weighted by molar-refractivity contribution is 5.81. The van der Waals surface area contributed by atoms with Crippen LogP contribution in [-0.4, -0.2) is 143 Å². The molecule has 320 valence electrons. The van der Waals surface area contributed by atoms with Crippen LogP contribution < -0.4 is 10.6 Å². The van der Waals surface area contributed by atoms with Gasteiger partial charge in [0.2, 0.25) is 17.7 Å². The van der Waals surface area contributed by atoms with Crippen molar-refractivity contribution in [3.63, 3.8) is 0 Å². The lowest BCUT2D eigenvalue weighted by molar-refractivity contribution is -0.137. The smallest absolute Gasteiger partial charge is 0.303 e. The van der Waals surface area contributed by atoms with E-state index in [0.29, 0.717) is 91.7 Å². The number of rotatable bonds is 38. The maximum Gasteiger partial charge on any atom is 0.303 e. The number of carboxylic acid groups (broad SMARTS) is 1. The molecule has 0 radical (unpaired) electrons. The summed E-state index contributed by atoms with van der Waals surface area (Å²) < 4.78 is 21.4. The zero-order valence-corrected chi connectivity index (χ0v) is 34.4. The number of amides is 3. The van der Waals surface area contributed by atoms with E-state index >= 15 is 0 Å². The highest BCUT2D eigenvalue weighted by Gasteiger charge is 2.22. The number of nitrogens with zero attached hydrogens (tertiary/aromatic N) is 2. The maximum atomic E-state index is 12.7. The number of hydrogen-bond donors (Lipinski definition) is 3. The second-order valence-corrected chi connectivity index (χ2v) is 14.9. The average molecular weight is 785 g/mol. The summed E-state index contributed by atoms with van der Waals surface area (Å²) in [5.41, 5.74) is 0. The van der Waals surface area contributed by atoms with Crippen LogP contribution in [0.4, 0.5) is 0 Å². The molecule has 0 saturated carbocycles. The molecule has 1 fully saturated rings. The summed E-state index contributed by atoms with van der Waals surface area (Å²) in [5.74, 6) is -0.757. The van der Waals surface area contributed by atoms with Gasteiger partial charge in [-0.1, -0.05) is 104 Å². The molecule has 55 heavy (non-hydrogen) atoms. The summed E-state index contributed by atoms with van der Waals surface area (Å²) in [5, 5.41) is 14.2. The summed E-state index contributed by atoms with van der Waals surface area (Å²) >= 11 is 0. The van der Waals surface area contributed by atoms with E-state index in [0.717, 1.165) is 32.1 Å². The van der Waals surface area contributed by atoms with E-state index in [1.54, 1.807) is 0 Å². The predicted octanol–water partition coefficient (Wildman–Crippen LogP) is 4.76. The van der Waals surface area contributed by atoms with Crippen LogP contribution >= 0.6 is 0 Å². The lowest BCUT2D eigenvalue weighted by Crippen LogP contribution is -2.51. The van der Waals surface area contributed by atoms with E-state index in [4.69, 9.17) is 24.1 Å². The van der Waals surface area contributed by atoms with E-state index in [9.17, 15) is 24.0 Å². The summed E-state index contributed by atoms with van der Waals surface area (Å²) in [6.45, 7) is 9.36. The Labute approximate surface area is 331 Å². The first-order valence-electron chi connectivity index (χ1n) is 21.3. The van der Waals surface area contributed by atoms with Crippen LogP contribution in [0.5, 0.6) is 0 Å². The van der Waals surface area contributed by atoms with E-state index in [1.165, 1.54) is 70.6 Å². The van der Waals surface area contributed by atoms with Crippen LogP contribution in [0.2, 0.25) is 0 Å². The van der Waals surface area contributed by atoms with E-state index in [2.05, 4.69) is 15.5 Å². The Morgan fingerprint density at radius 2 is 0.945 bits per heavy atom. The monoisotopic (exact) mass is 785 g/mol. The molecule has 0 aromatic carbocycles. The Morgan fingerprint density at radius 3 is 1.42 bits per heavy atom. The van der Waals surface area contributed by atoms with Gasteiger partial charge in [0.05, 0.1) is 46.2 Å². The highest BCUT2D eigenvalue weighted by atomic mass is 16.5. The van der Waals surface area contributed by atoms with Gasteiger partial charge in [-0.05, 0) is 12.8 Å². The third-order valence-corrected chi connectivity index (χ3v) is 9.63. The summed E-state index contributed by atoms with van der Waals surface area (Å²) in [6, 6.07) is 0. The van der Waals surface area contributed by atoms with Gasteiger partial charge < -0.3 is 39.6 Å². The van der Waals surface area contributed by atoms with Crippen molar-refractivity contribution in [3.8, 4) is 0 Å². The summed E-state index contributed by atoms with van der Waals surface area (Å²) in [4.78, 5) is 62.8. The van der Waals surface area contributed by atoms with Crippen LogP contribution in [0.3, 0.4) is 0 Å². The van der Waals surface area contributed by atoms with Gasteiger partial charge in [0.1, 0.15) is 13.2 Å². The predicted molar refractivity (Wildman–Crippen MR) is 213 cm³/mol. The van der Waals surface area contributed by atoms with Crippen molar-refractivity contribution >= 4 is 29.5 Å². The fraction of sp³-hybridized carbons (Fsp3) is 0.878. The Kier molecular flexibility index (Phi) is 32.7. The van der Waals surface area contributed by atoms with E-state index < -0.39 is 5.97 Å². The molecule has 1 aliphatic heterocycles. The number of ether oxygens (including phenoxy) is 4. The van der Waals surface area contributed by atoms with Crippen LogP contribution in [0.1, 0.15) is 129 Å². The van der Waals surface area contributed by atoms with Gasteiger partial charge >= 0.3 is 5.97 Å². The maximum absolute atomic E-state index is 12.7. The van der Waals surface area contributed by atoms with Gasteiger partial charge in [0, 0.05) is 58.0 Å². The first kappa shape index (κ1) is 50.4. The molecule has 3 N–H and O–H groups in total. The molecule has 0 unspecified atom stereocenters. The first-order chi connectivity index (χ1) is 26.7. The van der Waals surface area contributed by atoms with Gasteiger partial charge in [-0.2, -0.15) is 0 Å². The van der Waals surface area contributed by atoms with Gasteiger partial charge in [-0.3, -0.25) is 28.9 Å². The molecule has 0 aromatic heterocycles. The minimum absolute atomic E-state index is 0.0428.